The van der Waals surface area contributed by atoms with Crippen molar-refractivity contribution in [2.75, 3.05) is 18.1 Å². The zero-order chi connectivity index (χ0) is 22.3. The Morgan fingerprint density at radius 3 is 2.69 bits per heavy atom. The highest BCUT2D eigenvalue weighted by molar-refractivity contribution is 5.78. The number of para-hydroxylation sites is 1. The van der Waals surface area contributed by atoms with E-state index in [1.807, 2.05) is 49.4 Å². The molecule has 0 fully saturated rings. The largest absolute Gasteiger partial charge is 0.494 e. The number of nitrogens with zero attached hydrogens (tertiary/aromatic N) is 1. The Kier molecular flexibility index (Phi) is 6.95. The van der Waals surface area contributed by atoms with E-state index >= 15 is 0 Å². The molecule has 1 aliphatic heterocycles. The molecule has 3 aromatic rings. The van der Waals surface area contributed by atoms with Gasteiger partial charge in [-0.2, -0.15) is 0 Å². The standard InChI is InChI=1S/C27H30N2O3/c1-3-31-25-12-8-7-11-22(25)17-28-27(30)16-23-19-32-26-15-20(2)13-14-24(26)29(23)18-21-9-5-4-6-10-21/h4-15,23H,3,16-19H2,1-2H3,(H,28,30)/t23-/m0/s1. The van der Waals surface area contributed by atoms with Crippen LogP contribution < -0.4 is 19.7 Å². The summed E-state index contributed by atoms with van der Waals surface area (Å²) < 4.78 is 11.7. The molecule has 0 aromatic heterocycles. The van der Waals surface area contributed by atoms with E-state index in [1.165, 1.54) is 5.56 Å². The number of amides is 1. The fourth-order valence-electron chi connectivity index (χ4n) is 4.04. The van der Waals surface area contributed by atoms with E-state index in [0.29, 0.717) is 26.2 Å². The third-order valence-electron chi connectivity index (χ3n) is 5.66. The number of fused-ring (bicyclic) bond motifs is 1. The lowest BCUT2D eigenvalue weighted by Crippen LogP contribution is -2.45. The van der Waals surface area contributed by atoms with Gasteiger partial charge in [-0.05, 0) is 43.2 Å². The van der Waals surface area contributed by atoms with Gasteiger partial charge in [0, 0.05) is 18.7 Å². The molecule has 0 saturated heterocycles. The maximum Gasteiger partial charge on any atom is 0.222 e. The Hall–Kier alpha value is -3.47. The molecular weight excluding hydrogens is 400 g/mol. The summed E-state index contributed by atoms with van der Waals surface area (Å²) in [5.74, 6) is 1.69. The van der Waals surface area contributed by atoms with Crippen LogP contribution in [-0.4, -0.2) is 25.2 Å². The summed E-state index contributed by atoms with van der Waals surface area (Å²) in [5.41, 5.74) is 4.37. The molecule has 1 heterocycles. The second-order valence-corrected chi connectivity index (χ2v) is 8.07. The van der Waals surface area contributed by atoms with Crippen LogP contribution in [0.5, 0.6) is 11.5 Å². The van der Waals surface area contributed by atoms with Gasteiger partial charge in [0.15, 0.2) is 0 Å². The van der Waals surface area contributed by atoms with Crippen LogP contribution in [0.3, 0.4) is 0 Å². The molecule has 166 valence electrons. The van der Waals surface area contributed by atoms with Crippen molar-refractivity contribution < 1.29 is 14.3 Å². The number of carbonyl (C=O) groups is 1. The predicted octanol–water partition coefficient (Wildman–Crippen LogP) is 4.87. The third-order valence-corrected chi connectivity index (χ3v) is 5.66. The van der Waals surface area contributed by atoms with E-state index in [4.69, 9.17) is 9.47 Å². The Bertz CT molecular complexity index is 1050. The van der Waals surface area contributed by atoms with Crippen molar-refractivity contribution in [2.45, 2.75) is 39.4 Å². The van der Waals surface area contributed by atoms with Gasteiger partial charge in [0.05, 0.1) is 24.8 Å². The Labute approximate surface area is 190 Å². The van der Waals surface area contributed by atoms with Crippen LogP contribution in [-0.2, 0) is 17.9 Å². The second kappa shape index (κ2) is 10.2. The number of nitrogens with one attached hydrogen (secondary N) is 1. The van der Waals surface area contributed by atoms with Gasteiger partial charge in [-0.3, -0.25) is 4.79 Å². The fourth-order valence-corrected chi connectivity index (χ4v) is 4.04. The number of aryl methyl sites for hydroxylation is 1. The number of hydrogen-bond donors (Lipinski definition) is 1. The van der Waals surface area contributed by atoms with Crippen LogP contribution >= 0.6 is 0 Å². The first-order valence-electron chi connectivity index (χ1n) is 11.2. The average molecular weight is 431 g/mol. The Morgan fingerprint density at radius 1 is 1.09 bits per heavy atom. The lowest BCUT2D eigenvalue weighted by molar-refractivity contribution is -0.121. The van der Waals surface area contributed by atoms with Crippen LogP contribution in [0.2, 0.25) is 0 Å². The van der Waals surface area contributed by atoms with Crippen LogP contribution in [0.25, 0.3) is 0 Å². The van der Waals surface area contributed by atoms with E-state index in [-0.39, 0.29) is 11.9 Å². The van der Waals surface area contributed by atoms with Gasteiger partial charge in [0.1, 0.15) is 18.1 Å². The third kappa shape index (κ3) is 5.22. The van der Waals surface area contributed by atoms with Crippen molar-refractivity contribution in [1.82, 2.24) is 5.32 Å². The van der Waals surface area contributed by atoms with E-state index in [2.05, 4.69) is 47.5 Å². The normalized spacial score (nSPS) is 14.9. The summed E-state index contributed by atoms with van der Waals surface area (Å²) in [4.78, 5) is 15.2. The highest BCUT2D eigenvalue weighted by Gasteiger charge is 2.29. The number of benzene rings is 3. The molecule has 0 radical (unpaired) electrons. The molecule has 3 aromatic carbocycles. The SMILES string of the molecule is CCOc1ccccc1CNC(=O)C[C@H]1COc2cc(C)ccc2N1Cc1ccccc1. The van der Waals surface area contributed by atoms with Crippen molar-refractivity contribution in [2.24, 2.45) is 0 Å². The fraction of sp³-hybridized carbons (Fsp3) is 0.296. The summed E-state index contributed by atoms with van der Waals surface area (Å²) in [6, 6.07) is 24.4. The van der Waals surface area contributed by atoms with E-state index in [9.17, 15) is 4.79 Å². The van der Waals surface area contributed by atoms with Crippen molar-refractivity contribution in [3.05, 3.63) is 89.5 Å². The second-order valence-electron chi connectivity index (χ2n) is 8.07. The Morgan fingerprint density at radius 2 is 1.88 bits per heavy atom. The number of anilines is 1. The molecule has 1 N–H and O–H groups in total. The van der Waals surface area contributed by atoms with Gasteiger partial charge in [-0.25, -0.2) is 0 Å². The summed E-state index contributed by atoms with van der Waals surface area (Å²) in [5, 5.41) is 3.06. The van der Waals surface area contributed by atoms with E-state index < -0.39 is 0 Å². The minimum atomic E-state index is -0.0486. The molecule has 1 atom stereocenters. The smallest absolute Gasteiger partial charge is 0.222 e. The first kappa shape index (κ1) is 21.8. The summed E-state index contributed by atoms with van der Waals surface area (Å²) >= 11 is 0. The number of hydrogen-bond acceptors (Lipinski definition) is 4. The summed E-state index contributed by atoms with van der Waals surface area (Å²) in [6.07, 6.45) is 0.358. The molecule has 0 saturated carbocycles. The van der Waals surface area contributed by atoms with Crippen LogP contribution in [0.4, 0.5) is 5.69 Å². The van der Waals surface area contributed by atoms with Crippen molar-refractivity contribution in [3.63, 3.8) is 0 Å². The molecule has 32 heavy (non-hydrogen) atoms. The topological polar surface area (TPSA) is 50.8 Å². The van der Waals surface area contributed by atoms with Gasteiger partial charge in [-0.15, -0.1) is 0 Å². The van der Waals surface area contributed by atoms with E-state index in [1.54, 1.807) is 0 Å². The summed E-state index contributed by atoms with van der Waals surface area (Å²) in [6.45, 7) is 6.26. The Balaban J connectivity index is 1.47. The van der Waals surface area contributed by atoms with Gasteiger partial charge in [-0.1, -0.05) is 54.6 Å². The number of carbonyl (C=O) groups excluding carboxylic acids is 1. The molecule has 0 spiro atoms. The lowest BCUT2D eigenvalue weighted by atomic mass is 10.0. The molecule has 1 amide bonds. The highest BCUT2D eigenvalue weighted by atomic mass is 16.5. The molecular formula is C27H30N2O3. The average Bonchev–Trinajstić information content (AvgIpc) is 2.81. The van der Waals surface area contributed by atoms with Gasteiger partial charge < -0.3 is 19.7 Å². The lowest BCUT2D eigenvalue weighted by Gasteiger charge is -2.38. The first-order chi connectivity index (χ1) is 15.6. The molecule has 0 unspecified atom stereocenters. The van der Waals surface area contributed by atoms with Crippen molar-refractivity contribution >= 4 is 11.6 Å². The van der Waals surface area contributed by atoms with Gasteiger partial charge in [0.25, 0.3) is 0 Å². The number of rotatable bonds is 8. The minimum absolute atomic E-state index is 0.00137. The van der Waals surface area contributed by atoms with Crippen molar-refractivity contribution in [3.8, 4) is 11.5 Å². The summed E-state index contributed by atoms with van der Waals surface area (Å²) in [7, 11) is 0. The quantitative estimate of drug-likeness (QED) is 0.554. The maximum absolute atomic E-state index is 12.9. The highest BCUT2D eigenvalue weighted by Crippen LogP contribution is 2.36. The van der Waals surface area contributed by atoms with Gasteiger partial charge >= 0.3 is 0 Å². The molecule has 1 aliphatic rings. The van der Waals surface area contributed by atoms with Crippen LogP contribution in [0.1, 0.15) is 30.0 Å². The number of ether oxygens (including phenoxy) is 2. The van der Waals surface area contributed by atoms with Gasteiger partial charge in [0.2, 0.25) is 5.91 Å². The monoisotopic (exact) mass is 430 g/mol. The van der Waals surface area contributed by atoms with Crippen LogP contribution in [0, 0.1) is 6.92 Å². The predicted molar refractivity (Wildman–Crippen MR) is 127 cm³/mol. The zero-order valence-electron chi connectivity index (χ0n) is 18.7. The van der Waals surface area contributed by atoms with Crippen molar-refractivity contribution in [1.29, 1.82) is 0 Å². The minimum Gasteiger partial charge on any atom is -0.494 e. The molecule has 4 rings (SSSR count). The van der Waals surface area contributed by atoms with Crippen LogP contribution in [0.15, 0.2) is 72.8 Å². The first-order valence-corrected chi connectivity index (χ1v) is 11.2. The maximum atomic E-state index is 12.9. The zero-order valence-corrected chi connectivity index (χ0v) is 18.7. The molecule has 0 bridgehead atoms. The molecule has 0 aliphatic carbocycles. The molecule has 5 nitrogen and oxygen atoms in total. The van der Waals surface area contributed by atoms with E-state index in [0.717, 1.165) is 34.9 Å². The molecule has 5 heteroatoms.